The van der Waals surface area contributed by atoms with E-state index in [0.29, 0.717) is 0 Å². The second-order valence-corrected chi connectivity index (χ2v) is 4.83. The third-order valence-corrected chi connectivity index (χ3v) is 2.93. The summed E-state index contributed by atoms with van der Waals surface area (Å²) in [5.74, 6) is -0.929. The number of carboxylic acids is 1. The van der Waals surface area contributed by atoms with Crippen LogP contribution < -0.4 is 5.32 Å². The van der Waals surface area contributed by atoms with Crippen molar-refractivity contribution in [3.05, 3.63) is 34.2 Å². The molecule has 0 aromatic carbocycles. The Hall–Kier alpha value is -1.29. The molecule has 0 radical (unpaired) electrons. The lowest BCUT2D eigenvalue weighted by Gasteiger charge is -2.09. The zero-order valence-electron chi connectivity index (χ0n) is 8.86. The predicted molar refractivity (Wildman–Crippen MR) is 62.1 cm³/mol. The Morgan fingerprint density at radius 2 is 2.40 bits per heavy atom. The fraction of sp³-hybridized carbons (Fsp3) is 0.364. The SMILES string of the molecule is Cc1ccc(CC(C)N/C=C/C(=O)O)s1. The maximum Gasteiger partial charge on any atom is 0.329 e. The zero-order chi connectivity index (χ0) is 11.3. The van der Waals surface area contributed by atoms with Crippen LogP contribution in [0.1, 0.15) is 16.7 Å². The average molecular weight is 225 g/mol. The molecule has 1 rings (SSSR count). The lowest BCUT2D eigenvalue weighted by Crippen LogP contribution is -2.22. The van der Waals surface area contributed by atoms with Crippen molar-refractivity contribution in [2.75, 3.05) is 0 Å². The van der Waals surface area contributed by atoms with Gasteiger partial charge in [-0.15, -0.1) is 11.3 Å². The molecule has 2 N–H and O–H groups in total. The van der Waals surface area contributed by atoms with E-state index in [1.807, 2.05) is 6.92 Å². The quantitative estimate of drug-likeness (QED) is 0.755. The number of rotatable bonds is 5. The number of thiophene rings is 1. The molecule has 0 aliphatic carbocycles. The van der Waals surface area contributed by atoms with Gasteiger partial charge in [-0.05, 0) is 26.0 Å². The van der Waals surface area contributed by atoms with E-state index in [9.17, 15) is 4.79 Å². The van der Waals surface area contributed by atoms with Crippen LogP contribution in [0, 0.1) is 6.92 Å². The number of hydrogen-bond acceptors (Lipinski definition) is 3. The van der Waals surface area contributed by atoms with Crippen LogP contribution in [0.25, 0.3) is 0 Å². The van der Waals surface area contributed by atoms with E-state index in [2.05, 4.69) is 24.4 Å². The van der Waals surface area contributed by atoms with Gasteiger partial charge in [-0.3, -0.25) is 0 Å². The van der Waals surface area contributed by atoms with Crippen LogP contribution in [0.3, 0.4) is 0 Å². The maximum absolute atomic E-state index is 10.2. The van der Waals surface area contributed by atoms with Crippen LogP contribution in [0.2, 0.25) is 0 Å². The molecule has 1 atom stereocenters. The van der Waals surface area contributed by atoms with Gasteiger partial charge in [-0.2, -0.15) is 0 Å². The standard InChI is InChI=1S/C11H15NO2S/c1-8(12-6-5-11(13)14)7-10-4-3-9(2)15-10/h3-6,8,12H,7H2,1-2H3,(H,13,14)/b6-5+. The van der Waals surface area contributed by atoms with Crippen LogP contribution in [0.4, 0.5) is 0 Å². The fourth-order valence-electron chi connectivity index (χ4n) is 1.24. The number of carbonyl (C=O) groups is 1. The number of aliphatic carboxylic acids is 1. The van der Waals surface area contributed by atoms with Crippen molar-refractivity contribution in [2.24, 2.45) is 0 Å². The highest BCUT2D eigenvalue weighted by atomic mass is 32.1. The minimum Gasteiger partial charge on any atom is -0.478 e. The lowest BCUT2D eigenvalue weighted by atomic mass is 10.2. The third-order valence-electron chi connectivity index (χ3n) is 1.91. The second kappa shape index (κ2) is 5.56. The van der Waals surface area contributed by atoms with Gasteiger partial charge >= 0.3 is 5.97 Å². The summed E-state index contributed by atoms with van der Waals surface area (Å²) >= 11 is 1.78. The average Bonchev–Trinajstić information content (AvgIpc) is 2.50. The molecule has 0 saturated heterocycles. The summed E-state index contributed by atoms with van der Waals surface area (Å²) in [5, 5.41) is 11.4. The van der Waals surface area contributed by atoms with Gasteiger partial charge in [0.2, 0.25) is 0 Å². The number of aryl methyl sites for hydroxylation is 1. The molecule has 0 aliphatic heterocycles. The van der Waals surface area contributed by atoms with Crippen LogP contribution in [0.15, 0.2) is 24.4 Å². The first-order chi connectivity index (χ1) is 7.08. The molecule has 0 fully saturated rings. The van der Waals surface area contributed by atoms with Gasteiger partial charge in [0.15, 0.2) is 0 Å². The third kappa shape index (κ3) is 4.65. The van der Waals surface area contributed by atoms with Crippen molar-refractivity contribution in [2.45, 2.75) is 26.3 Å². The molecule has 0 bridgehead atoms. The Bertz CT molecular complexity index is 357. The molecule has 0 amide bonds. The van der Waals surface area contributed by atoms with E-state index >= 15 is 0 Å². The van der Waals surface area contributed by atoms with Crippen molar-refractivity contribution in [3.8, 4) is 0 Å². The van der Waals surface area contributed by atoms with E-state index in [-0.39, 0.29) is 6.04 Å². The first kappa shape index (κ1) is 11.8. The number of carboxylic acid groups (broad SMARTS) is 1. The van der Waals surface area contributed by atoms with Gasteiger partial charge in [-0.25, -0.2) is 4.79 Å². The number of hydrogen-bond donors (Lipinski definition) is 2. The minimum atomic E-state index is -0.929. The normalized spacial score (nSPS) is 12.9. The molecule has 1 aromatic heterocycles. The highest BCUT2D eigenvalue weighted by molar-refractivity contribution is 7.11. The van der Waals surface area contributed by atoms with Gasteiger partial charge in [0.25, 0.3) is 0 Å². The first-order valence-corrected chi connectivity index (χ1v) is 5.60. The van der Waals surface area contributed by atoms with E-state index in [4.69, 9.17) is 5.11 Å². The van der Waals surface area contributed by atoms with E-state index < -0.39 is 5.97 Å². The van der Waals surface area contributed by atoms with Gasteiger partial charge in [0.1, 0.15) is 0 Å². The van der Waals surface area contributed by atoms with Crippen molar-refractivity contribution in [1.82, 2.24) is 5.32 Å². The van der Waals surface area contributed by atoms with Gasteiger partial charge in [0.05, 0.1) is 0 Å². The molecule has 1 unspecified atom stereocenters. The molecule has 82 valence electrons. The topological polar surface area (TPSA) is 49.3 Å². The van der Waals surface area contributed by atoms with E-state index in [1.54, 1.807) is 11.3 Å². The Balaban J connectivity index is 2.36. The van der Waals surface area contributed by atoms with Crippen molar-refractivity contribution in [1.29, 1.82) is 0 Å². The highest BCUT2D eigenvalue weighted by Crippen LogP contribution is 2.16. The monoisotopic (exact) mass is 225 g/mol. The molecule has 0 spiro atoms. The summed E-state index contributed by atoms with van der Waals surface area (Å²) < 4.78 is 0. The highest BCUT2D eigenvalue weighted by Gasteiger charge is 2.02. The van der Waals surface area contributed by atoms with Gasteiger partial charge in [0, 0.05) is 34.5 Å². The first-order valence-electron chi connectivity index (χ1n) is 4.79. The van der Waals surface area contributed by atoms with Crippen LogP contribution in [-0.2, 0) is 11.2 Å². The van der Waals surface area contributed by atoms with Crippen LogP contribution >= 0.6 is 11.3 Å². The Morgan fingerprint density at radius 1 is 1.67 bits per heavy atom. The Morgan fingerprint density at radius 3 is 2.93 bits per heavy atom. The van der Waals surface area contributed by atoms with E-state index in [0.717, 1.165) is 12.5 Å². The molecule has 0 aliphatic rings. The number of nitrogens with one attached hydrogen (secondary N) is 1. The van der Waals surface area contributed by atoms with Crippen molar-refractivity contribution >= 4 is 17.3 Å². The molecule has 1 aromatic rings. The molecule has 3 nitrogen and oxygen atoms in total. The van der Waals surface area contributed by atoms with Crippen molar-refractivity contribution in [3.63, 3.8) is 0 Å². The van der Waals surface area contributed by atoms with Gasteiger partial charge in [-0.1, -0.05) is 0 Å². The smallest absolute Gasteiger partial charge is 0.329 e. The van der Waals surface area contributed by atoms with Gasteiger partial charge < -0.3 is 10.4 Å². The molecular weight excluding hydrogens is 210 g/mol. The molecule has 0 saturated carbocycles. The summed E-state index contributed by atoms with van der Waals surface area (Å²) in [7, 11) is 0. The summed E-state index contributed by atoms with van der Waals surface area (Å²) in [6, 6.07) is 4.46. The maximum atomic E-state index is 10.2. The zero-order valence-corrected chi connectivity index (χ0v) is 9.67. The van der Waals surface area contributed by atoms with Crippen LogP contribution in [0.5, 0.6) is 0 Å². The Labute approximate surface area is 93.4 Å². The molecule has 15 heavy (non-hydrogen) atoms. The fourth-order valence-corrected chi connectivity index (χ4v) is 2.26. The lowest BCUT2D eigenvalue weighted by molar-refractivity contribution is -0.131. The Kier molecular flexibility index (Phi) is 4.37. The minimum absolute atomic E-state index is 0.249. The summed E-state index contributed by atoms with van der Waals surface area (Å²) in [4.78, 5) is 12.8. The summed E-state index contributed by atoms with van der Waals surface area (Å²) in [5.41, 5.74) is 0. The molecular formula is C11H15NO2S. The summed E-state index contributed by atoms with van der Waals surface area (Å²) in [6.07, 6.45) is 3.51. The van der Waals surface area contributed by atoms with E-state index in [1.165, 1.54) is 16.0 Å². The van der Waals surface area contributed by atoms with Crippen LogP contribution in [-0.4, -0.2) is 17.1 Å². The summed E-state index contributed by atoms with van der Waals surface area (Å²) in [6.45, 7) is 4.11. The van der Waals surface area contributed by atoms with Crippen molar-refractivity contribution < 1.29 is 9.90 Å². The second-order valence-electron chi connectivity index (χ2n) is 3.46. The predicted octanol–water partition coefficient (Wildman–Crippen LogP) is 2.18. The molecule has 1 heterocycles. The molecule has 4 heteroatoms. The largest absolute Gasteiger partial charge is 0.478 e.